The molecule has 1 aromatic heterocycles. The first kappa shape index (κ1) is 19.4. The third-order valence-corrected chi connectivity index (χ3v) is 4.43. The van der Waals surface area contributed by atoms with Crippen molar-refractivity contribution in [3.8, 4) is 6.07 Å². The molecule has 3 aromatic rings. The maximum Gasteiger partial charge on any atom is 0.416 e. The zero-order valence-electron chi connectivity index (χ0n) is 15.0. The second kappa shape index (κ2) is 7.00. The van der Waals surface area contributed by atoms with E-state index in [0.717, 1.165) is 18.2 Å². The van der Waals surface area contributed by atoms with E-state index < -0.39 is 23.0 Å². The topological polar surface area (TPSA) is 59.9 Å². The Hall–Kier alpha value is -3.34. The molecule has 2 aromatic carbocycles. The number of hydrogen-bond donors (Lipinski definition) is 1. The van der Waals surface area contributed by atoms with Crippen LogP contribution in [0.25, 0.3) is 10.9 Å². The number of nitrogens with one attached hydrogen (secondary N) is 1. The standard InChI is InChI=1S/C20H15F4N3O/c1-27(2)18-14(7-11-3-5-13(6-4-11)20(22,23)24)17-15(8-16(18)21)19(28)12(9-25)10-26-17/h3-6,8,10H,7H2,1-2H3,(H,26,28). The van der Waals surface area contributed by atoms with Crippen LogP contribution < -0.4 is 10.3 Å². The van der Waals surface area contributed by atoms with Crippen molar-refractivity contribution in [2.45, 2.75) is 12.6 Å². The van der Waals surface area contributed by atoms with Crippen LogP contribution in [-0.4, -0.2) is 19.1 Å². The average molecular weight is 389 g/mol. The number of halogens is 4. The summed E-state index contributed by atoms with van der Waals surface area (Å²) in [5.41, 5.74) is -0.0318. The molecule has 0 fully saturated rings. The van der Waals surface area contributed by atoms with Crippen LogP contribution in [0.2, 0.25) is 0 Å². The molecule has 0 bridgehead atoms. The SMILES string of the molecule is CN(C)c1c(F)cc2c(=O)c(C#N)c[nH]c2c1Cc1ccc(C(F)(F)F)cc1. The quantitative estimate of drug-likeness (QED) is 0.683. The van der Waals surface area contributed by atoms with Crippen molar-refractivity contribution >= 4 is 16.6 Å². The Balaban J connectivity index is 2.21. The molecule has 144 valence electrons. The van der Waals surface area contributed by atoms with Crippen LogP contribution in [0.3, 0.4) is 0 Å². The van der Waals surface area contributed by atoms with Crippen LogP contribution in [0.4, 0.5) is 23.2 Å². The third-order valence-electron chi connectivity index (χ3n) is 4.43. The van der Waals surface area contributed by atoms with Gasteiger partial charge in [-0.1, -0.05) is 12.1 Å². The summed E-state index contributed by atoms with van der Waals surface area (Å²) in [6.45, 7) is 0. The van der Waals surface area contributed by atoms with Gasteiger partial charge in [0.05, 0.1) is 22.2 Å². The summed E-state index contributed by atoms with van der Waals surface area (Å²) in [6.07, 6.45) is -3.10. The summed E-state index contributed by atoms with van der Waals surface area (Å²) in [6, 6.07) is 7.38. The smallest absolute Gasteiger partial charge is 0.375 e. The van der Waals surface area contributed by atoms with Crippen molar-refractivity contribution in [2.24, 2.45) is 0 Å². The van der Waals surface area contributed by atoms with E-state index in [2.05, 4.69) is 4.98 Å². The first-order valence-corrected chi connectivity index (χ1v) is 8.23. The van der Waals surface area contributed by atoms with Crippen molar-refractivity contribution in [3.05, 3.63) is 74.8 Å². The van der Waals surface area contributed by atoms with Gasteiger partial charge in [-0.2, -0.15) is 18.4 Å². The summed E-state index contributed by atoms with van der Waals surface area (Å²) < 4.78 is 53.1. The Labute approximate surface area is 157 Å². The lowest BCUT2D eigenvalue weighted by atomic mass is 9.97. The molecular weight excluding hydrogens is 374 g/mol. The molecule has 0 atom stereocenters. The fraction of sp³-hybridized carbons (Fsp3) is 0.200. The van der Waals surface area contributed by atoms with E-state index in [0.29, 0.717) is 16.6 Å². The average Bonchev–Trinajstić information content (AvgIpc) is 2.62. The zero-order valence-corrected chi connectivity index (χ0v) is 15.0. The van der Waals surface area contributed by atoms with Gasteiger partial charge in [0, 0.05) is 32.3 Å². The van der Waals surface area contributed by atoms with Crippen molar-refractivity contribution in [2.75, 3.05) is 19.0 Å². The monoisotopic (exact) mass is 389 g/mol. The predicted octanol–water partition coefficient (Wildman–Crippen LogP) is 4.21. The van der Waals surface area contributed by atoms with Gasteiger partial charge in [0.2, 0.25) is 5.43 Å². The summed E-state index contributed by atoms with van der Waals surface area (Å²) in [5, 5.41) is 9.04. The van der Waals surface area contributed by atoms with Gasteiger partial charge in [-0.3, -0.25) is 4.79 Å². The van der Waals surface area contributed by atoms with Crippen LogP contribution in [0, 0.1) is 17.1 Å². The Morgan fingerprint density at radius 3 is 2.36 bits per heavy atom. The zero-order chi connectivity index (χ0) is 20.6. The lowest BCUT2D eigenvalue weighted by Gasteiger charge is -2.20. The molecule has 4 nitrogen and oxygen atoms in total. The van der Waals surface area contributed by atoms with Crippen molar-refractivity contribution in [3.63, 3.8) is 0 Å². The van der Waals surface area contributed by atoms with Crippen LogP contribution in [0.1, 0.15) is 22.3 Å². The molecule has 0 aliphatic carbocycles. The van der Waals surface area contributed by atoms with E-state index in [1.165, 1.54) is 23.2 Å². The number of nitrogens with zero attached hydrogens (tertiary/aromatic N) is 2. The number of anilines is 1. The molecule has 0 unspecified atom stereocenters. The Morgan fingerprint density at radius 1 is 1.18 bits per heavy atom. The van der Waals surface area contributed by atoms with Gasteiger partial charge in [0.15, 0.2) is 0 Å². The number of benzene rings is 2. The molecule has 1 heterocycles. The van der Waals surface area contributed by atoms with E-state index in [4.69, 9.17) is 5.26 Å². The summed E-state index contributed by atoms with van der Waals surface area (Å²) in [7, 11) is 3.25. The van der Waals surface area contributed by atoms with Crippen LogP contribution >= 0.6 is 0 Å². The second-order valence-corrected chi connectivity index (χ2v) is 6.52. The van der Waals surface area contributed by atoms with Gasteiger partial charge < -0.3 is 9.88 Å². The third kappa shape index (κ3) is 3.43. The van der Waals surface area contributed by atoms with Crippen LogP contribution in [0.15, 0.2) is 41.3 Å². The van der Waals surface area contributed by atoms with Gasteiger partial charge in [0.25, 0.3) is 0 Å². The van der Waals surface area contributed by atoms with E-state index in [1.54, 1.807) is 20.2 Å². The molecule has 0 spiro atoms. The van der Waals surface area contributed by atoms with Gasteiger partial charge in [-0.05, 0) is 23.8 Å². The van der Waals surface area contributed by atoms with E-state index in [-0.39, 0.29) is 23.1 Å². The highest BCUT2D eigenvalue weighted by Crippen LogP contribution is 2.33. The maximum absolute atomic E-state index is 14.7. The van der Waals surface area contributed by atoms with Gasteiger partial charge in [-0.25, -0.2) is 4.39 Å². The van der Waals surface area contributed by atoms with Crippen LogP contribution in [-0.2, 0) is 12.6 Å². The number of alkyl halides is 3. The number of H-pyrrole nitrogens is 1. The molecule has 0 aliphatic heterocycles. The number of pyridine rings is 1. The molecular formula is C20H15F4N3O. The first-order valence-electron chi connectivity index (χ1n) is 8.23. The van der Waals surface area contributed by atoms with Gasteiger partial charge in [-0.15, -0.1) is 0 Å². The molecule has 1 N–H and O–H groups in total. The molecule has 0 radical (unpaired) electrons. The Morgan fingerprint density at radius 2 is 1.82 bits per heavy atom. The normalized spacial score (nSPS) is 11.5. The maximum atomic E-state index is 14.7. The highest BCUT2D eigenvalue weighted by molar-refractivity contribution is 5.88. The van der Waals surface area contributed by atoms with E-state index in [9.17, 15) is 22.4 Å². The van der Waals surface area contributed by atoms with Crippen molar-refractivity contribution < 1.29 is 17.6 Å². The minimum absolute atomic E-state index is 0.0176. The molecule has 0 amide bonds. The molecule has 0 aliphatic rings. The molecule has 0 saturated heterocycles. The predicted molar refractivity (Wildman–Crippen MR) is 97.8 cm³/mol. The fourth-order valence-corrected chi connectivity index (χ4v) is 3.15. The van der Waals surface area contributed by atoms with Gasteiger partial charge in [0.1, 0.15) is 17.4 Å². The Kier molecular flexibility index (Phi) is 4.86. The number of aromatic amines is 1. The molecule has 3 rings (SSSR count). The summed E-state index contributed by atoms with van der Waals surface area (Å²) in [5.74, 6) is -0.653. The molecule has 0 saturated carbocycles. The lowest BCUT2D eigenvalue weighted by molar-refractivity contribution is -0.137. The first-order chi connectivity index (χ1) is 13.1. The Bertz CT molecular complexity index is 1140. The number of aromatic nitrogens is 1. The van der Waals surface area contributed by atoms with Crippen LogP contribution in [0.5, 0.6) is 0 Å². The number of nitriles is 1. The van der Waals surface area contributed by atoms with E-state index >= 15 is 0 Å². The molecule has 28 heavy (non-hydrogen) atoms. The second-order valence-electron chi connectivity index (χ2n) is 6.52. The summed E-state index contributed by atoms with van der Waals surface area (Å²) >= 11 is 0. The van der Waals surface area contributed by atoms with Crippen molar-refractivity contribution in [1.29, 1.82) is 5.26 Å². The minimum Gasteiger partial charge on any atom is -0.375 e. The highest BCUT2D eigenvalue weighted by Gasteiger charge is 2.30. The highest BCUT2D eigenvalue weighted by atomic mass is 19.4. The largest absolute Gasteiger partial charge is 0.416 e. The van der Waals surface area contributed by atoms with E-state index in [1.807, 2.05) is 0 Å². The summed E-state index contributed by atoms with van der Waals surface area (Å²) in [4.78, 5) is 16.8. The lowest BCUT2D eigenvalue weighted by Crippen LogP contribution is -2.17. The molecule has 8 heteroatoms. The minimum atomic E-state index is -4.45. The van der Waals surface area contributed by atoms with Gasteiger partial charge >= 0.3 is 6.18 Å². The van der Waals surface area contributed by atoms with Crippen molar-refractivity contribution in [1.82, 2.24) is 4.98 Å². The fourth-order valence-electron chi connectivity index (χ4n) is 3.15. The number of hydrogen-bond acceptors (Lipinski definition) is 3. The number of fused-ring (bicyclic) bond motifs is 1. The number of rotatable bonds is 3.